The molecular weight excluding hydrogens is 376 g/mol. The second kappa shape index (κ2) is 8.20. The van der Waals surface area contributed by atoms with Crippen molar-refractivity contribution in [2.75, 3.05) is 26.2 Å². The van der Waals surface area contributed by atoms with Crippen LogP contribution in [0.2, 0.25) is 0 Å². The van der Waals surface area contributed by atoms with Gasteiger partial charge in [0.25, 0.3) is 0 Å². The van der Waals surface area contributed by atoms with Gasteiger partial charge in [-0.1, -0.05) is 60.7 Å². The van der Waals surface area contributed by atoms with Crippen LogP contribution in [-0.4, -0.2) is 53.8 Å². The number of hydrazine groups is 1. The van der Waals surface area contributed by atoms with Gasteiger partial charge >= 0.3 is 0 Å². The molecule has 4 unspecified atom stereocenters. The van der Waals surface area contributed by atoms with Gasteiger partial charge in [0.1, 0.15) is 6.04 Å². The van der Waals surface area contributed by atoms with Crippen molar-refractivity contribution in [3.63, 3.8) is 0 Å². The summed E-state index contributed by atoms with van der Waals surface area (Å²) < 4.78 is 0. The molecule has 2 saturated heterocycles. The number of hydrogen-bond donors (Lipinski definition) is 2. The zero-order valence-electron chi connectivity index (χ0n) is 17.0. The van der Waals surface area contributed by atoms with Crippen molar-refractivity contribution in [2.24, 2.45) is 5.92 Å². The van der Waals surface area contributed by atoms with E-state index in [0.29, 0.717) is 32.1 Å². The lowest BCUT2D eigenvalue weighted by atomic mass is 10.0. The highest BCUT2D eigenvalue weighted by molar-refractivity contribution is 5.84. The maximum absolute atomic E-state index is 13.0. The summed E-state index contributed by atoms with van der Waals surface area (Å²) in [4.78, 5) is 29.7. The maximum Gasteiger partial charge on any atom is 0.241 e. The number of hydrogen-bond acceptors (Lipinski definition) is 4. The van der Waals surface area contributed by atoms with E-state index in [1.54, 1.807) is 0 Å². The van der Waals surface area contributed by atoms with E-state index in [2.05, 4.69) is 35.1 Å². The van der Waals surface area contributed by atoms with E-state index in [0.717, 1.165) is 12.8 Å². The third-order valence-electron chi connectivity index (χ3n) is 6.64. The molecule has 1 saturated carbocycles. The molecule has 1 aliphatic carbocycles. The second-order valence-corrected chi connectivity index (χ2v) is 8.55. The average Bonchev–Trinajstić information content (AvgIpc) is 3.47. The lowest BCUT2D eigenvalue weighted by Crippen LogP contribution is -2.55. The fraction of sp³-hybridized carbons (Fsp3) is 0.417. The minimum absolute atomic E-state index is 0.113. The molecule has 2 amide bonds. The first kappa shape index (κ1) is 19.3. The van der Waals surface area contributed by atoms with Crippen LogP contribution in [0.5, 0.6) is 0 Å². The summed E-state index contributed by atoms with van der Waals surface area (Å²) in [6, 6.07) is 20.4. The van der Waals surface area contributed by atoms with Crippen LogP contribution in [-0.2, 0) is 9.59 Å². The molecule has 0 radical (unpaired) electrons. The van der Waals surface area contributed by atoms with Gasteiger partial charge < -0.3 is 9.80 Å². The topological polar surface area (TPSA) is 64.7 Å². The van der Waals surface area contributed by atoms with Crippen LogP contribution >= 0.6 is 0 Å². The first-order valence-corrected chi connectivity index (χ1v) is 10.9. The van der Waals surface area contributed by atoms with Crippen LogP contribution in [0.4, 0.5) is 0 Å². The van der Waals surface area contributed by atoms with Gasteiger partial charge in [0.15, 0.2) is 0 Å². The summed E-state index contributed by atoms with van der Waals surface area (Å²) >= 11 is 0. The number of benzene rings is 2. The van der Waals surface area contributed by atoms with Crippen molar-refractivity contribution < 1.29 is 9.59 Å². The molecule has 2 aromatic carbocycles. The van der Waals surface area contributed by atoms with E-state index in [4.69, 9.17) is 0 Å². The van der Waals surface area contributed by atoms with E-state index in [9.17, 15) is 9.59 Å². The van der Waals surface area contributed by atoms with Crippen LogP contribution in [0.25, 0.3) is 0 Å². The molecule has 5 rings (SSSR count). The number of carbonyl (C=O) groups excluding carboxylic acids is 2. The van der Waals surface area contributed by atoms with Crippen LogP contribution in [0.15, 0.2) is 60.7 Å². The summed E-state index contributed by atoms with van der Waals surface area (Å²) in [5.74, 6) is 0.853. The Labute approximate surface area is 177 Å². The Morgan fingerprint density at radius 2 is 1.27 bits per heavy atom. The highest BCUT2D eigenvalue weighted by Gasteiger charge is 2.46. The lowest BCUT2D eigenvalue weighted by molar-refractivity contribution is -0.141. The van der Waals surface area contributed by atoms with E-state index >= 15 is 0 Å². The van der Waals surface area contributed by atoms with E-state index < -0.39 is 0 Å². The molecule has 0 bridgehead atoms. The Hall–Kier alpha value is -2.70. The predicted molar refractivity (Wildman–Crippen MR) is 114 cm³/mol. The van der Waals surface area contributed by atoms with Gasteiger partial charge in [-0.15, -0.1) is 0 Å². The van der Waals surface area contributed by atoms with Crippen molar-refractivity contribution in [1.29, 1.82) is 0 Å². The number of nitrogens with zero attached hydrogens (tertiary/aromatic N) is 2. The Bertz CT molecular complexity index is 896. The van der Waals surface area contributed by atoms with Crippen molar-refractivity contribution in [2.45, 2.75) is 30.8 Å². The monoisotopic (exact) mass is 404 g/mol. The lowest BCUT2D eigenvalue weighted by Gasteiger charge is -2.36. The standard InChI is InChI=1S/C24H28N4O2/c29-23(20-15-19(20)17-7-3-1-4-8-17)27-11-13-28(14-12-27)24(30)22-16-21(25-26-22)18-9-5-2-6-10-18/h1-10,19-22,25-26H,11-16H2. The molecule has 2 N–H and O–H groups in total. The van der Waals surface area contributed by atoms with E-state index in [1.807, 2.05) is 46.2 Å². The molecule has 2 aromatic rings. The number of piperazine rings is 1. The van der Waals surface area contributed by atoms with Gasteiger partial charge in [0.2, 0.25) is 11.8 Å². The number of amides is 2. The zero-order chi connectivity index (χ0) is 20.5. The summed E-state index contributed by atoms with van der Waals surface area (Å²) in [7, 11) is 0. The second-order valence-electron chi connectivity index (χ2n) is 8.55. The molecule has 30 heavy (non-hydrogen) atoms. The third kappa shape index (κ3) is 3.85. The molecule has 4 atom stereocenters. The van der Waals surface area contributed by atoms with Crippen LogP contribution in [0.3, 0.4) is 0 Å². The maximum atomic E-state index is 13.0. The minimum atomic E-state index is -0.219. The number of rotatable bonds is 4. The first-order chi connectivity index (χ1) is 14.7. The smallest absolute Gasteiger partial charge is 0.241 e. The van der Waals surface area contributed by atoms with Crippen LogP contribution in [0, 0.1) is 5.92 Å². The molecule has 156 valence electrons. The summed E-state index contributed by atoms with van der Waals surface area (Å²) in [5.41, 5.74) is 8.87. The Morgan fingerprint density at radius 1 is 0.700 bits per heavy atom. The fourth-order valence-electron chi connectivity index (χ4n) is 4.76. The normalized spacial score (nSPS) is 28.4. The van der Waals surface area contributed by atoms with Gasteiger partial charge in [-0.3, -0.25) is 9.59 Å². The predicted octanol–water partition coefficient (Wildman–Crippen LogP) is 2.07. The summed E-state index contributed by atoms with van der Waals surface area (Å²) in [5, 5.41) is 0. The zero-order valence-corrected chi connectivity index (χ0v) is 17.0. The molecule has 2 aliphatic heterocycles. The molecule has 0 spiro atoms. The quantitative estimate of drug-likeness (QED) is 0.819. The van der Waals surface area contributed by atoms with Crippen molar-refractivity contribution in [3.8, 4) is 0 Å². The first-order valence-electron chi connectivity index (χ1n) is 10.9. The van der Waals surface area contributed by atoms with Gasteiger partial charge in [0, 0.05) is 38.1 Å². The van der Waals surface area contributed by atoms with Gasteiger partial charge in [-0.25, -0.2) is 10.9 Å². The summed E-state index contributed by atoms with van der Waals surface area (Å²) in [6.45, 7) is 2.48. The highest BCUT2D eigenvalue weighted by atomic mass is 16.2. The molecule has 0 aromatic heterocycles. The van der Waals surface area contributed by atoms with Crippen LogP contribution in [0.1, 0.15) is 35.9 Å². The molecular formula is C24H28N4O2. The largest absolute Gasteiger partial charge is 0.339 e. The van der Waals surface area contributed by atoms with Crippen molar-refractivity contribution in [3.05, 3.63) is 71.8 Å². The SMILES string of the molecule is O=C(C1CC(c2ccccc2)NN1)N1CCN(C(=O)C2CC2c2ccccc2)CC1. The number of nitrogens with one attached hydrogen (secondary N) is 2. The van der Waals surface area contributed by atoms with Crippen molar-refractivity contribution >= 4 is 11.8 Å². The van der Waals surface area contributed by atoms with E-state index in [1.165, 1.54) is 11.1 Å². The fourth-order valence-corrected chi connectivity index (χ4v) is 4.76. The molecule has 2 heterocycles. The number of carbonyl (C=O) groups is 2. The van der Waals surface area contributed by atoms with Gasteiger partial charge in [0.05, 0.1) is 0 Å². The minimum Gasteiger partial charge on any atom is -0.339 e. The molecule has 3 fully saturated rings. The Balaban J connectivity index is 1.11. The van der Waals surface area contributed by atoms with Crippen LogP contribution < -0.4 is 10.9 Å². The molecule has 6 heteroatoms. The van der Waals surface area contributed by atoms with E-state index in [-0.39, 0.29) is 29.8 Å². The average molecular weight is 405 g/mol. The Kier molecular flexibility index (Phi) is 5.27. The third-order valence-corrected chi connectivity index (χ3v) is 6.64. The van der Waals surface area contributed by atoms with Crippen molar-refractivity contribution in [1.82, 2.24) is 20.7 Å². The molecule has 3 aliphatic rings. The molecule has 6 nitrogen and oxygen atoms in total. The Morgan fingerprint density at radius 3 is 1.90 bits per heavy atom. The highest BCUT2D eigenvalue weighted by Crippen LogP contribution is 2.48. The van der Waals surface area contributed by atoms with Gasteiger partial charge in [-0.05, 0) is 29.9 Å². The van der Waals surface area contributed by atoms with Gasteiger partial charge in [-0.2, -0.15) is 0 Å². The summed E-state index contributed by atoms with van der Waals surface area (Å²) in [6.07, 6.45) is 1.68.